The van der Waals surface area contributed by atoms with Gasteiger partial charge in [0.05, 0.1) is 26.0 Å². The van der Waals surface area contributed by atoms with Gasteiger partial charge in [-0.15, -0.1) is 0 Å². The van der Waals surface area contributed by atoms with E-state index in [0.717, 1.165) is 32.1 Å². The van der Waals surface area contributed by atoms with Crippen molar-refractivity contribution in [2.75, 3.05) is 14.2 Å². The van der Waals surface area contributed by atoms with Crippen molar-refractivity contribution in [3.05, 3.63) is 83.1 Å². The zero-order valence-electron chi connectivity index (χ0n) is 21.5. The summed E-state index contributed by atoms with van der Waals surface area (Å²) in [6, 6.07) is 11.7. The van der Waals surface area contributed by atoms with E-state index in [1.54, 1.807) is 43.3 Å². The Morgan fingerprint density at radius 2 is 1.78 bits per heavy atom. The van der Waals surface area contributed by atoms with Crippen LogP contribution >= 0.6 is 0 Å². The van der Waals surface area contributed by atoms with E-state index in [-0.39, 0.29) is 30.2 Å². The maximum absolute atomic E-state index is 14.0. The van der Waals surface area contributed by atoms with Gasteiger partial charge < -0.3 is 24.1 Å². The number of para-hydroxylation sites is 1. The first-order chi connectivity index (χ1) is 17.9. The molecule has 1 atom stereocenters. The summed E-state index contributed by atoms with van der Waals surface area (Å²) in [4.78, 5) is 29.5. The van der Waals surface area contributed by atoms with Crippen LogP contribution in [-0.4, -0.2) is 37.0 Å². The monoisotopic (exact) mass is 508 g/mol. The third-order valence-corrected chi connectivity index (χ3v) is 6.86. The third kappa shape index (κ3) is 5.96. The van der Waals surface area contributed by atoms with Crippen LogP contribution in [0.15, 0.2) is 59.2 Å². The van der Waals surface area contributed by atoms with E-state index in [0.29, 0.717) is 33.9 Å². The number of benzene rings is 2. The van der Waals surface area contributed by atoms with Gasteiger partial charge in [0.25, 0.3) is 5.91 Å². The number of nitrogens with one attached hydrogen (secondary N) is 1. The number of furan rings is 1. The van der Waals surface area contributed by atoms with Crippen molar-refractivity contribution in [2.45, 2.75) is 57.7 Å². The molecule has 1 saturated carbocycles. The quantitative estimate of drug-likeness (QED) is 0.408. The number of rotatable bonds is 9. The first-order valence-corrected chi connectivity index (χ1v) is 12.5. The molecule has 1 aliphatic rings. The lowest BCUT2D eigenvalue weighted by Crippen LogP contribution is -2.47. The molecule has 0 bridgehead atoms. The molecule has 37 heavy (non-hydrogen) atoms. The largest absolute Gasteiger partial charge is 0.493 e. The number of hydrogen-bond acceptors (Lipinski definition) is 5. The summed E-state index contributed by atoms with van der Waals surface area (Å²) in [6.45, 7) is 1.76. The second kappa shape index (κ2) is 12.0. The summed E-state index contributed by atoms with van der Waals surface area (Å²) in [5.41, 5.74) is 1.51. The molecule has 1 N–H and O–H groups in total. The summed E-state index contributed by atoms with van der Waals surface area (Å²) in [5, 5.41) is 3.18. The highest BCUT2D eigenvalue weighted by molar-refractivity contribution is 5.99. The summed E-state index contributed by atoms with van der Waals surface area (Å²) >= 11 is 0. The second-order valence-electron chi connectivity index (χ2n) is 9.28. The normalized spacial score (nSPS) is 14.6. The van der Waals surface area contributed by atoms with Crippen molar-refractivity contribution >= 4 is 11.8 Å². The van der Waals surface area contributed by atoms with Crippen LogP contribution < -0.4 is 14.8 Å². The van der Waals surface area contributed by atoms with E-state index in [2.05, 4.69) is 5.32 Å². The fourth-order valence-corrected chi connectivity index (χ4v) is 4.93. The number of carbonyl (C=O) groups excluding carboxylic acids is 2. The standard InChI is InChI=1S/C29H33FN2O5/c1-19-23(16-17-37-19)29(34)32(18-20-12-14-21(30)15-13-20)26(28(33)31-22-8-5-4-6-9-22)24-10-7-11-25(35-2)27(24)36-3/h7,10-17,22,26H,4-6,8-9,18H2,1-3H3,(H,31,33). The van der Waals surface area contributed by atoms with Gasteiger partial charge in [0.1, 0.15) is 17.6 Å². The number of carbonyl (C=O) groups is 2. The molecule has 2 amide bonds. The summed E-state index contributed by atoms with van der Waals surface area (Å²) in [7, 11) is 3.03. The van der Waals surface area contributed by atoms with Crippen LogP contribution in [0.2, 0.25) is 0 Å². The Labute approximate surface area is 216 Å². The Morgan fingerprint density at radius 3 is 2.41 bits per heavy atom. The molecule has 7 nitrogen and oxygen atoms in total. The highest BCUT2D eigenvalue weighted by Gasteiger charge is 2.37. The molecule has 1 aromatic heterocycles. The van der Waals surface area contributed by atoms with Crippen LogP contribution in [0, 0.1) is 12.7 Å². The number of methoxy groups -OCH3 is 2. The van der Waals surface area contributed by atoms with Crippen molar-refractivity contribution in [3.8, 4) is 11.5 Å². The Balaban J connectivity index is 1.83. The van der Waals surface area contributed by atoms with Crippen molar-refractivity contribution in [3.63, 3.8) is 0 Å². The molecule has 1 unspecified atom stereocenters. The number of ether oxygens (including phenoxy) is 2. The van der Waals surface area contributed by atoms with Gasteiger partial charge in [0.2, 0.25) is 5.91 Å². The van der Waals surface area contributed by atoms with Crippen LogP contribution in [0.1, 0.15) is 65.4 Å². The molecular weight excluding hydrogens is 475 g/mol. The van der Waals surface area contributed by atoms with E-state index < -0.39 is 6.04 Å². The molecule has 8 heteroatoms. The maximum atomic E-state index is 14.0. The summed E-state index contributed by atoms with van der Waals surface area (Å²) < 4.78 is 30.3. The van der Waals surface area contributed by atoms with Gasteiger partial charge in [0, 0.05) is 18.2 Å². The third-order valence-electron chi connectivity index (χ3n) is 6.86. The van der Waals surface area contributed by atoms with Gasteiger partial charge in [0.15, 0.2) is 11.5 Å². The average Bonchev–Trinajstić information content (AvgIpc) is 3.35. The van der Waals surface area contributed by atoms with Gasteiger partial charge in [-0.2, -0.15) is 0 Å². The Kier molecular flexibility index (Phi) is 8.48. The maximum Gasteiger partial charge on any atom is 0.258 e. The molecular formula is C29H33FN2O5. The first kappa shape index (κ1) is 26.3. The number of nitrogens with zero attached hydrogens (tertiary/aromatic N) is 1. The molecule has 0 saturated heterocycles. The molecule has 0 radical (unpaired) electrons. The van der Waals surface area contributed by atoms with Gasteiger partial charge in [-0.25, -0.2) is 4.39 Å². The average molecular weight is 509 g/mol. The minimum atomic E-state index is -1.04. The SMILES string of the molecule is COc1cccc(C(C(=O)NC2CCCCC2)N(Cc2ccc(F)cc2)C(=O)c2ccoc2C)c1OC. The van der Waals surface area contributed by atoms with Gasteiger partial charge in [-0.3, -0.25) is 9.59 Å². The van der Waals surface area contributed by atoms with E-state index in [1.807, 2.05) is 0 Å². The van der Waals surface area contributed by atoms with Crippen molar-refractivity contribution in [1.29, 1.82) is 0 Å². The number of aryl methyl sites for hydroxylation is 1. The second-order valence-corrected chi connectivity index (χ2v) is 9.28. The lowest BCUT2D eigenvalue weighted by Gasteiger charge is -2.34. The van der Waals surface area contributed by atoms with Crippen LogP contribution in [0.4, 0.5) is 4.39 Å². The molecule has 1 fully saturated rings. The molecule has 1 heterocycles. The fraction of sp³-hybridized carbons (Fsp3) is 0.379. The molecule has 0 aliphatic heterocycles. The van der Waals surface area contributed by atoms with Crippen LogP contribution in [0.25, 0.3) is 0 Å². The van der Waals surface area contributed by atoms with Crippen molar-refractivity contribution < 1.29 is 27.9 Å². The highest BCUT2D eigenvalue weighted by Crippen LogP contribution is 2.39. The highest BCUT2D eigenvalue weighted by atomic mass is 19.1. The molecule has 4 rings (SSSR count). The van der Waals surface area contributed by atoms with Crippen LogP contribution in [0.5, 0.6) is 11.5 Å². The number of hydrogen-bond donors (Lipinski definition) is 1. The van der Waals surface area contributed by atoms with Gasteiger partial charge in [-0.1, -0.05) is 43.5 Å². The van der Waals surface area contributed by atoms with Crippen molar-refractivity contribution in [2.24, 2.45) is 0 Å². The lowest BCUT2D eigenvalue weighted by atomic mass is 9.94. The van der Waals surface area contributed by atoms with Crippen LogP contribution in [0.3, 0.4) is 0 Å². The van der Waals surface area contributed by atoms with E-state index in [4.69, 9.17) is 13.9 Å². The molecule has 196 valence electrons. The topological polar surface area (TPSA) is 81.0 Å². The van der Waals surface area contributed by atoms with E-state index in [9.17, 15) is 14.0 Å². The lowest BCUT2D eigenvalue weighted by molar-refractivity contribution is -0.127. The predicted molar refractivity (Wildman–Crippen MR) is 137 cm³/mol. The minimum absolute atomic E-state index is 0.0267. The Bertz CT molecular complexity index is 1220. The van der Waals surface area contributed by atoms with Crippen molar-refractivity contribution in [1.82, 2.24) is 10.2 Å². The predicted octanol–water partition coefficient (Wildman–Crippen LogP) is 5.58. The summed E-state index contributed by atoms with van der Waals surface area (Å²) in [6.07, 6.45) is 6.46. The zero-order valence-corrected chi connectivity index (χ0v) is 21.5. The van der Waals surface area contributed by atoms with Gasteiger partial charge >= 0.3 is 0 Å². The fourth-order valence-electron chi connectivity index (χ4n) is 4.93. The number of amides is 2. The Morgan fingerprint density at radius 1 is 1.05 bits per heavy atom. The van der Waals surface area contributed by atoms with Gasteiger partial charge in [-0.05, 0) is 49.6 Å². The smallest absolute Gasteiger partial charge is 0.258 e. The Hall–Kier alpha value is -3.81. The molecule has 2 aromatic carbocycles. The minimum Gasteiger partial charge on any atom is -0.493 e. The first-order valence-electron chi connectivity index (χ1n) is 12.5. The molecule has 1 aliphatic carbocycles. The number of halogens is 1. The van der Waals surface area contributed by atoms with E-state index >= 15 is 0 Å². The zero-order chi connectivity index (χ0) is 26.4. The summed E-state index contributed by atoms with van der Waals surface area (Å²) in [5.74, 6) is 0.185. The molecule has 0 spiro atoms. The molecule has 3 aromatic rings. The van der Waals surface area contributed by atoms with E-state index in [1.165, 1.54) is 37.5 Å². The van der Waals surface area contributed by atoms with Crippen LogP contribution in [-0.2, 0) is 11.3 Å².